The van der Waals surface area contributed by atoms with Gasteiger partial charge in [0.1, 0.15) is 0 Å². The fraction of sp³-hybridized carbons (Fsp3) is 0.316. The molecule has 6 heteroatoms. The molecule has 0 spiro atoms. The summed E-state index contributed by atoms with van der Waals surface area (Å²) in [6.07, 6.45) is -1.97. The summed E-state index contributed by atoms with van der Waals surface area (Å²) < 4.78 is 40.3. The third-order valence-corrected chi connectivity index (χ3v) is 5.34. The molecule has 0 saturated heterocycles. The van der Waals surface area contributed by atoms with Crippen molar-refractivity contribution in [2.45, 2.75) is 37.4 Å². The normalized spacial score (nSPS) is 20.5. The second-order valence-electron chi connectivity index (χ2n) is 6.18. The lowest BCUT2D eigenvalue weighted by Gasteiger charge is -2.23. The van der Waals surface area contributed by atoms with Crippen molar-refractivity contribution in [1.82, 2.24) is 5.32 Å². The summed E-state index contributed by atoms with van der Waals surface area (Å²) >= 11 is 3.52. The lowest BCUT2D eigenvalue weighted by Crippen LogP contribution is -2.37. The van der Waals surface area contributed by atoms with Crippen molar-refractivity contribution in [3.05, 3.63) is 69.7 Å². The van der Waals surface area contributed by atoms with E-state index in [4.69, 9.17) is 0 Å². The van der Waals surface area contributed by atoms with Gasteiger partial charge in [-0.05, 0) is 36.6 Å². The van der Waals surface area contributed by atoms with Crippen LogP contribution in [0.15, 0.2) is 53.0 Å². The van der Waals surface area contributed by atoms with Crippen molar-refractivity contribution in [3.8, 4) is 0 Å². The Hall–Kier alpha value is -1.82. The number of hydrogen-bond donors (Lipinski definition) is 1. The van der Waals surface area contributed by atoms with Crippen LogP contribution in [-0.2, 0) is 6.18 Å². The molecule has 0 radical (unpaired) electrons. The number of rotatable bonds is 3. The van der Waals surface area contributed by atoms with Gasteiger partial charge in [0.05, 0.1) is 11.1 Å². The first-order valence-corrected chi connectivity index (χ1v) is 8.88. The van der Waals surface area contributed by atoms with Gasteiger partial charge in [-0.3, -0.25) is 4.79 Å². The molecule has 132 valence electrons. The minimum Gasteiger partial charge on any atom is -0.349 e. The van der Waals surface area contributed by atoms with Gasteiger partial charge >= 0.3 is 6.18 Å². The van der Waals surface area contributed by atoms with E-state index in [1.165, 1.54) is 18.2 Å². The van der Waals surface area contributed by atoms with E-state index in [9.17, 15) is 18.0 Å². The van der Waals surface area contributed by atoms with E-state index in [-0.39, 0.29) is 17.5 Å². The average molecular weight is 412 g/mol. The van der Waals surface area contributed by atoms with Crippen molar-refractivity contribution in [2.24, 2.45) is 0 Å². The third-order valence-electron chi connectivity index (χ3n) is 4.61. The Morgan fingerprint density at radius 2 is 1.72 bits per heavy atom. The highest BCUT2D eigenvalue weighted by atomic mass is 79.9. The summed E-state index contributed by atoms with van der Waals surface area (Å²) in [7, 11) is 0. The first kappa shape index (κ1) is 18.0. The highest BCUT2D eigenvalue weighted by molar-refractivity contribution is 9.10. The van der Waals surface area contributed by atoms with Crippen LogP contribution in [0.5, 0.6) is 0 Å². The zero-order valence-electron chi connectivity index (χ0n) is 13.3. The maximum absolute atomic E-state index is 13.1. The van der Waals surface area contributed by atoms with Gasteiger partial charge in [0, 0.05) is 16.4 Å². The SMILES string of the molecule is O=C(N[C@@H]1CCC[C@@H]1c1ccccc1Br)c1ccccc1C(F)(F)F. The van der Waals surface area contributed by atoms with Crippen LogP contribution < -0.4 is 5.32 Å². The van der Waals surface area contributed by atoms with Crippen molar-refractivity contribution < 1.29 is 18.0 Å². The van der Waals surface area contributed by atoms with Crippen LogP contribution in [0.2, 0.25) is 0 Å². The Morgan fingerprint density at radius 1 is 1.04 bits per heavy atom. The van der Waals surface area contributed by atoms with E-state index >= 15 is 0 Å². The van der Waals surface area contributed by atoms with Crippen LogP contribution >= 0.6 is 15.9 Å². The molecule has 1 fully saturated rings. The van der Waals surface area contributed by atoms with Gasteiger partial charge in [0.2, 0.25) is 0 Å². The second kappa shape index (κ2) is 7.20. The molecule has 0 heterocycles. The molecule has 0 bridgehead atoms. The number of alkyl halides is 3. The van der Waals surface area contributed by atoms with E-state index in [0.29, 0.717) is 0 Å². The van der Waals surface area contributed by atoms with Crippen molar-refractivity contribution >= 4 is 21.8 Å². The van der Waals surface area contributed by atoms with Crippen molar-refractivity contribution in [1.29, 1.82) is 0 Å². The monoisotopic (exact) mass is 411 g/mol. The molecule has 1 N–H and O–H groups in total. The molecule has 2 atom stereocenters. The summed E-state index contributed by atoms with van der Waals surface area (Å²) in [5.41, 5.74) is -0.148. The Kier molecular flexibility index (Phi) is 5.18. The minimum absolute atomic E-state index is 0.0950. The molecule has 2 aromatic carbocycles. The fourth-order valence-corrected chi connectivity index (χ4v) is 4.03. The molecule has 0 aromatic heterocycles. The van der Waals surface area contributed by atoms with Gasteiger partial charge in [0.25, 0.3) is 5.91 Å². The van der Waals surface area contributed by atoms with Gasteiger partial charge in [-0.2, -0.15) is 13.2 Å². The summed E-state index contributed by atoms with van der Waals surface area (Å²) in [4.78, 5) is 12.5. The Morgan fingerprint density at radius 3 is 2.44 bits per heavy atom. The van der Waals surface area contributed by atoms with Crippen molar-refractivity contribution in [2.75, 3.05) is 0 Å². The highest BCUT2D eigenvalue weighted by Gasteiger charge is 2.36. The van der Waals surface area contributed by atoms with Crippen LogP contribution in [0.4, 0.5) is 13.2 Å². The summed E-state index contributed by atoms with van der Waals surface area (Å²) in [5, 5.41) is 2.82. The molecule has 1 aliphatic rings. The average Bonchev–Trinajstić information content (AvgIpc) is 3.02. The molecule has 2 aromatic rings. The van der Waals surface area contributed by atoms with Crippen LogP contribution in [0.1, 0.15) is 46.7 Å². The standard InChI is InChI=1S/C19H17BrF3NO/c20-16-10-4-2-6-12(16)13-8-5-11-17(13)24-18(25)14-7-1-3-9-15(14)19(21,22)23/h1-4,6-7,9-10,13,17H,5,8,11H2,(H,24,25)/t13-,17-/m1/s1. The van der Waals surface area contributed by atoms with E-state index in [2.05, 4.69) is 21.2 Å². The quantitative estimate of drug-likeness (QED) is 0.706. The molecular weight excluding hydrogens is 395 g/mol. The van der Waals surface area contributed by atoms with Crippen LogP contribution in [-0.4, -0.2) is 11.9 Å². The molecular formula is C19H17BrF3NO. The predicted octanol–water partition coefficient (Wildman–Crippen LogP) is 5.53. The number of benzene rings is 2. The Balaban J connectivity index is 1.83. The van der Waals surface area contributed by atoms with Crippen LogP contribution in [0.25, 0.3) is 0 Å². The molecule has 1 aliphatic carbocycles. The highest BCUT2D eigenvalue weighted by Crippen LogP contribution is 2.38. The minimum atomic E-state index is -4.55. The van der Waals surface area contributed by atoms with Gasteiger partial charge in [0.15, 0.2) is 0 Å². The molecule has 2 nitrogen and oxygen atoms in total. The van der Waals surface area contributed by atoms with Crippen molar-refractivity contribution in [3.63, 3.8) is 0 Å². The van der Waals surface area contributed by atoms with Gasteiger partial charge in [-0.25, -0.2) is 0 Å². The smallest absolute Gasteiger partial charge is 0.349 e. The lowest BCUT2D eigenvalue weighted by atomic mass is 9.93. The predicted molar refractivity (Wildman–Crippen MR) is 93.4 cm³/mol. The number of hydrogen-bond acceptors (Lipinski definition) is 1. The summed E-state index contributed by atoms with van der Waals surface area (Å²) in [5.74, 6) is -0.575. The number of carbonyl (C=O) groups is 1. The maximum atomic E-state index is 13.1. The fourth-order valence-electron chi connectivity index (χ4n) is 3.46. The second-order valence-corrected chi connectivity index (χ2v) is 7.04. The molecule has 1 amide bonds. The van der Waals surface area contributed by atoms with E-state index in [1.54, 1.807) is 0 Å². The number of carbonyl (C=O) groups excluding carboxylic acids is 1. The van der Waals surface area contributed by atoms with Crippen LogP contribution in [0.3, 0.4) is 0 Å². The lowest BCUT2D eigenvalue weighted by molar-refractivity contribution is -0.137. The number of nitrogens with one attached hydrogen (secondary N) is 1. The first-order valence-electron chi connectivity index (χ1n) is 8.09. The topological polar surface area (TPSA) is 29.1 Å². The van der Waals surface area contributed by atoms with Crippen LogP contribution in [0, 0.1) is 0 Å². The number of amides is 1. The number of halogens is 4. The third kappa shape index (κ3) is 3.89. The molecule has 0 aliphatic heterocycles. The largest absolute Gasteiger partial charge is 0.417 e. The Labute approximate surface area is 152 Å². The molecule has 0 unspecified atom stereocenters. The molecule has 1 saturated carbocycles. The first-order chi connectivity index (χ1) is 11.9. The van der Waals surface area contributed by atoms with Gasteiger partial charge in [-0.15, -0.1) is 0 Å². The van der Waals surface area contributed by atoms with E-state index in [1.807, 2.05) is 24.3 Å². The van der Waals surface area contributed by atoms with E-state index < -0.39 is 17.6 Å². The Bertz CT molecular complexity index is 775. The zero-order valence-corrected chi connectivity index (χ0v) is 14.9. The van der Waals surface area contributed by atoms with E-state index in [0.717, 1.165) is 35.4 Å². The summed E-state index contributed by atoms with van der Waals surface area (Å²) in [6, 6.07) is 12.5. The molecule has 25 heavy (non-hydrogen) atoms. The zero-order chi connectivity index (χ0) is 18.0. The molecule has 3 rings (SSSR count). The maximum Gasteiger partial charge on any atom is 0.417 e. The summed E-state index contributed by atoms with van der Waals surface area (Å²) in [6.45, 7) is 0. The van der Waals surface area contributed by atoms with Gasteiger partial charge in [-0.1, -0.05) is 52.7 Å². The van der Waals surface area contributed by atoms with Gasteiger partial charge < -0.3 is 5.32 Å².